The van der Waals surface area contributed by atoms with Crippen molar-refractivity contribution in [3.63, 3.8) is 0 Å². The average Bonchev–Trinajstić information content (AvgIpc) is 2.88. The van der Waals surface area contributed by atoms with E-state index in [-0.39, 0.29) is 5.57 Å². The lowest BCUT2D eigenvalue weighted by molar-refractivity contribution is -0.128. The molecule has 0 saturated carbocycles. The highest BCUT2D eigenvalue weighted by Gasteiger charge is 2.36. The number of hydrogen-bond donors (Lipinski definition) is 0. The van der Waals surface area contributed by atoms with Crippen molar-refractivity contribution in [2.75, 3.05) is 0 Å². The van der Waals surface area contributed by atoms with Gasteiger partial charge in [0.2, 0.25) is 0 Å². The van der Waals surface area contributed by atoms with Gasteiger partial charge in [-0.25, -0.2) is 4.79 Å². The Hall–Kier alpha value is -4.07. The van der Waals surface area contributed by atoms with Gasteiger partial charge in [0.05, 0.1) is 0 Å². The summed E-state index contributed by atoms with van der Waals surface area (Å²) in [6.45, 7) is 0. The summed E-state index contributed by atoms with van der Waals surface area (Å²) in [4.78, 5) is 16.1. The van der Waals surface area contributed by atoms with Crippen molar-refractivity contribution in [2.45, 2.75) is 14.7 Å². The van der Waals surface area contributed by atoms with E-state index in [1.807, 2.05) is 127 Å². The third-order valence-electron chi connectivity index (χ3n) is 4.88. The molecule has 0 N–H and O–H groups in total. The van der Waals surface area contributed by atoms with Gasteiger partial charge in [0.15, 0.2) is 0 Å². The molecule has 0 radical (unpaired) electrons. The summed E-state index contributed by atoms with van der Waals surface area (Å²) >= 11 is 0. The number of nitriles is 1. The first kappa shape index (κ1) is 21.2. The van der Waals surface area contributed by atoms with Gasteiger partial charge in [-0.2, -0.15) is 5.26 Å². The maximum Gasteiger partial charge on any atom is 0.360 e. The quantitative estimate of drug-likeness (QED) is 0.241. The van der Waals surface area contributed by atoms with Gasteiger partial charge in [0, 0.05) is 14.7 Å². The minimum Gasteiger partial charge on any atom is -0.398 e. The molecule has 0 heterocycles. The maximum atomic E-state index is 13.4. The second kappa shape index (κ2) is 9.82. The van der Waals surface area contributed by atoms with E-state index in [1.165, 1.54) is 0 Å². The molecule has 0 amide bonds. The SMILES string of the molecule is N#CC(=Cc1ccccc1)C(=O)OS(c1ccccc1)(c1ccccc1)c1ccccc1. The van der Waals surface area contributed by atoms with Crippen molar-refractivity contribution in [1.82, 2.24) is 0 Å². The van der Waals surface area contributed by atoms with E-state index < -0.39 is 16.3 Å². The highest BCUT2D eigenvalue weighted by Crippen LogP contribution is 2.69. The number of nitrogens with zero attached hydrogens (tertiary/aromatic N) is 1. The smallest absolute Gasteiger partial charge is 0.360 e. The van der Waals surface area contributed by atoms with E-state index in [0.717, 1.165) is 20.2 Å². The summed E-state index contributed by atoms with van der Waals surface area (Å²) < 4.78 is 6.38. The lowest BCUT2D eigenvalue weighted by Crippen LogP contribution is -2.14. The topological polar surface area (TPSA) is 50.1 Å². The molecule has 156 valence electrons. The fourth-order valence-corrected chi connectivity index (χ4v) is 6.44. The van der Waals surface area contributed by atoms with Gasteiger partial charge in [-0.1, -0.05) is 84.9 Å². The van der Waals surface area contributed by atoms with Crippen LogP contribution in [0.3, 0.4) is 0 Å². The van der Waals surface area contributed by atoms with E-state index in [2.05, 4.69) is 0 Å². The maximum absolute atomic E-state index is 13.4. The Kier molecular flexibility index (Phi) is 6.50. The second-order valence-corrected chi connectivity index (χ2v) is 9.64. The van der Waals surface area contributed by atoms with Crippen LogP contribution in [0.2, 0.25) is 0 Å². The Morgan fingerprint density at radius 1 is 0.656 bits per heavy atom. The Labute approximate surface area is 189 Å². The molecule has 0 unspecified atom stereocenters. The molecule has 4 aromatic rings. The molecule has 0 bridgehead atoms. The summed E-state index contributed by atoms with van der Waals surface area (Å²) in [7, 11) is -2.42. The van der Waals surface area contributed by atoms with Crippen LogP contribution in [0.4, 0.5) is 0 Å². The number of rotatable bonds is 6. The van der Waals surface area contributed by atoms with Crippen LogP contribution in [0.15, 0.2) is 142 Å². The summed E-state index contributed by atoms with van der Waals surface area (Å²) in [6, 6.07) is 40.5. The number of carbonyl (C=O) groups is 1. The van der Waals surface area contributed by atoms with Crippen molar-refractivity contribution >= 4 is 22.4 Å². The lowest BCUT2D eigenvalue weighted by Gasteiger charge is -2.39. The zero-order chi connectivity index (χ0) is 22.2. The third kappa shape index (κ3) is 4.34. The van der Waals surface area contributed by atoms with Crippen molar-refractivity contribution in [2.24, 2.45) is 0 Å². The first-order chi connectivity index (χ1) is 15.7. The molecule has 0 spiro atoms. The van der Waals surface area contributed by atoms with E-state index in [0.29, 0.717) is 0 Å². The van der Waals surface area contributed by atoms with Gasteiger partial charge < -0.3 is 4.18 Å². The van der Waals surface area contributed by atoms with Crippen LogP contribution in [0, 0.1) is 11.3 Å². The molecule has 32 heavy (non-hydrogen) atoms. The minimum absolute atomic E-state index is 0.0455. The Morgan fingerprint density at radius 2 is 1.03 bits per heavy atom. The van der Waals surface area contributed by atoms with Gasteiger partial charge in [-0.15, -0.1) is 0 Å². The normalized spacial score (nSPS) is 11.9. The summed E-state index contributed by atoms with van der Waals surface area (Å²) in [5, 5.41) is 9.76. The second-order valence-electron chi connectivity index (χ2n) is 6.95. The van der Waals surface area contributed by atoms with Gasteiger partial charge in [-0.05, 0) is 58.3 Å². The summed E-state index contributed by atoms with van der Waals surface area (Å²) in [5.41, 5.74) is 0.719. The van der Waals surface area contributed by atoms with E-state index in [9.17, 15) is 10.1 Å². The van der Waals surface area contributed by atoms with Crippen LogP contribution in [0.25, 0.3) is 6.08 Å². The minimum atomic E-state index is -2.42. The van der Waals surface area contributed by atoms with Crippen LogP contribution in [0.1, 0.15) is 5.56 Å². The van der Waals surface area contributed by atoms with E-state index in [1.54, 1.807) is 6.08 Å². The first-order valence-electron chi connectivity index (χ1n) is 10.1. The van der Waals surface area contributed by atoms with Crippen molar-refractivity contribution in [1.29, 1.82) is 5.26 Å². The summed E-state index contributed by atoms with van der Waals surface area (Å²) in [5.74, 6) is -0.650. The predicted molar refractivity (Wildman–Crippen MR) is 128 cm³/mol. The van der Waals surface area contributed by atoms with Crippen LogP contribution in [-0.4, -0.2) is 5.97 Å². The van der Waals surface area contributed by atoms with Crippen molar-refractivity contribution in [3.05, 3.63) is 132 Å². The van der Waals surface area contributed by atoms with Gasteiger partial charge in [-0.3, -0.25) is 0 Å². The van der Waals surface area contributed by atoms with Crippen molar-refractivity contribution < 1.29 is 8.98 Å². The van der Waals surface area contributed by atoms with Gasteiger partial charge >= 0.3 is 5.97 Å². The van der Waals surface area contributed by atoms with Crippen LogP contribution < -0.4 is 0 Å². The molecule has 0 aliphatic heterocycles. The fourth-order valence-electron chi connectivity index (χ4n) is 3.40. The highest BCUT2D eigenvalue weighted by molar-refractivity contribution is 8.30. The molecule has 4 rings (SSSR count). The van der Waals surface area contributed by atoms with E-state index >= 15 is 0 Å². The lowest BCUT2D eigenvalue weighted by atomic mass is 10.1. The van der Waals surface area contributed by atoms with Crippen LogP contribution in [0.5, 0.6) is 0 Å². The standard InChI is InChI=1S/C28H21NO2S/c29-22-24(21-23-13-5-1-6-14-23)28(30)31-32(25-15-7-2-8-16-25,26-17-9-3-10-18-26)27-19-11-4-12-20-27/h1-21H. The predicted octanol–water partition coefficient (Wildman–Crippen LogP) is 7.03. The number of carbonyl (C=O) groups excluding carboxylic acids is 1. The molecule has 3 nitrogen and oxygen atoms in total. The van der Waals surface area contributed by atoms with E-state index in [4.69, 9.17) is 4.18 Å². The number of benzene rings is 4. The zero-order valence-corrected chi connectivity index (χ0v) is 18.1. The summed E-state index contributed by atoms with van der Waals surface area (Å²) in [6.07, 6.45) is 1.56. The molecule has 0 atom stereocenters. The van der Waals surface area contributed by atoms with Gasteiger partial charge in [0.25, 0.3) is 0 Å². The van der Waals surface area contributed by atoms with Crippen LogP contribution in [-0.2, 0) is 8.98 Å². The third-order valence-corrected chi connectivity index (χ3v) is 8.09. The molecular formula is C28H21NO2S. The molecule has 0 saturated heterocycles. The Balaban J connectivity index is 1.89. The van der Waals surface area contributed by atoms with Gasteiger partial charge in [0.1, 0.15) is 11.6 Å². The first-order valence-corrected chi connectivity index (χ1v) is 11.7. The fraction of sp³-hybridized carbons (Fsp3) is 0. The Morgan fingerprint density at radius 3 is 1.41 bits per heavy atom. The molecule has 0 aromatic heterocycles. The molecule has 0 aliphatic carbocycles. The Bertz CT molecular complexity index is 1150. The molecule has 0 fully saturated rings. The number of hydrogen-bond acceptors (Lipinski definition) is 3. The van der Waals surface area contributed by atoms with Crippen LogP contribution >= 0.6 is 10.3 Å². The largest absolute Gasteiger partial charge is 0.398 e. The highest BCUT2D eigenvalue weighted by atomic mass is 32.3. The monoisotopic (exact) mass is 435 g/mol. The average molecular weight is 436 g/mol. The molecular weight excluding hydrogens is 414 g/mol. The molecule has 4 heteroatoms. The van der Waals surface area contributed by atoms with Crippen molar-refractivity contribution in [3.8, 4) is 6.07 Å². The zero-order valence-electron chi connectivity index (χ0n) is 17.3. The molecule has 0 aliphatic rings. The molecule has 4 aromatic carbocycles.